The van der Waals surface area contributed by atoms with Gasteiger partial charge in [-0.1, -0.05) is 6.07 Å². The van der Waals surface area contributed by atoms with Crippen molar-refractivity contribution in [3.8, 4) is 0 Å². The molecule has 0 bridgehead atoms. The number of pyridine rings is 1. The van der Waals surface area contributed by atoms with E-state index in [0.29, 0.717) is 16.8 Å². The molecule has 30 heavy (non-hydrogen) atoms. The summed E-state index contributed by atoms with van der Waals surface area (Å²) in [7, 11) is 0. The SMILES string of the molecule is Cc1ccc(NC(=S)NNC(=O)c2ccc(NC(=O)c3cccnc3)cc2)cc1C. The highest BCUT2D eigenvalue weighted by molar-refractivity contribution is 7.80. The second kappa shape index (κ2) is 9.62. The number of nitrogens with one attached hydrogen (secondary N) is 4. The first kappa shape index (κ1) is 20.9. The van der Waals surface area contributed by atoms with E-state index < -0.39 is 0 Å². The number of hydrogen-bond acceptors (Lipinski definition) is 4. The minimum atomic E-state index is -0.357. The van der Waals surface area contributed by atoms with E-state index in [1.807, 2.05) is 32.0 Å². The fourth-order valence-corrected chi connectivity index (χ4v) is 2.74. The molecule has 152 valence electrons. The van der Waals surface area contributed by atoms with Crippen molar-refractivity contribution in [1.82, 2.24) is 15.8 Å². The van der Waals surface area contributed by atoms with E-state index in [4.69, 9.17) is 12.2 Å². The Kier molecular flexibility index (Phi) is 6.71. The van der Waals surface area contributed by atoms with Gasteiger partial charge in [0.2, 0.25) is 0 Å². The van der Waals surface area contributed by atoms with Crippen molar-refractivity contribution in [2.24, 2.45) is 0 Å². The van der Waals surface area contributed by atoms with Crippen LogP contribution in [-0.2, 0) is 0 Å². The maximum absolute atomic E-state index is 12.3. The zero-order valence-corrected chi connectivity index (χ0v) is 17.3. The lowest BCUT2D eigenvalue weighted by molar-refractivity contribution is 0.0943. The van der Waals surface area contributed by atoms with Crippen LogP contribution < -0.4 is 21.5 Å². The first-order valence-electron chi connectivity index (χ1n) is 9.18. The van der Waals surface area contributed by atoms with Crippen LogP contribution in [0, 0.1) is 13.8 Å². The van der Waals surface area contributed by atoms with Crippen LogP contribution in [0.15, 0.2) is 67.0 Å². The van der Waals surface area contributed by atoms with Crippen molar-refractivity contribution in [3.05, 3.63) is 89.2 Å². The van der Waals surface area contributed by atoms with Crippen LogP contribution in [0.2, 0.25) is 0 Å². The number of thiocarbonyl (C=S) groups is 1. The predicted octanol–water partition coefficient (Wildman–Crippen LogP) is 3.58. The van der Waals surface area contributed by atoms with E-state index in [1.165, 1.54) is 11.8 Å². The van der Waals surface area contributed by atoms with Gasteiger partial charge in [0.1, 0.15) is 0 Å². The molecule has 1 aromatic heterocycles. The lowest BCUT2D eigenvalue weighted by Crippen LogP contribution is -2.43. The molecule has 0 aliphatic heterocycles. The van der Waals surface area contributed by atoms with Crippen molar-refractivity contribution >= 4 is 40.5 Å². The summed E-state index contributed by atoms with van der Waals surface area (Å²) in [5, 5.41) is 6.04. The summed E-state index contributed by atoms with van der Waals surface area (Å²) in [5.41, 5.74) is 9.81. The molecule has 0 unspecified atom stereocenters. The smallest absolute Gasteiger partial charge is 0.269 e. The standard InChI is InChI=1S/C22H21N5O2S/c1-14-5-8-19(12-15(14)2)25-22(30)27-26-21(29)16-6-9-18(10-7-16)24-20(28)17-4-3-11-23-13-17/h3-13H,1-2H3,(H,24,28)(H,26,29)(H2,25,27,30). The van der Waals surface area contributed by atoms with E-state index in [9.17, 15) is 9.59 Å². The summed E-state index contributed by atoms with van der Waals surface area (Å²) in [6.45, 7) is 4.05. The van der Waals surface area contributed by atoms with Crippen molar-refractivity contribution in [3.63, 3.8) is 0 Å². The number of aromatic nitrogens is 1. The summed E-state index contributed by atoms with van der Waals surface area (Å²) in [4.78, 5) is 28.4. The van der Waals surface area contributed by atoms with Crippen LogP contribution in [0.5, 0.6) is 0 Å². The number of nitrogens with zero attached hydrogens (tertiary/aromatic N) is 1. The van der Waals surface area contributed by atoms with Crippen molar-refractivity contribution in [2.45, 2.75) is 13.8 Å². The predicted molar refractivity (Wildman–Crippen MR) is 121 cm³/mol. The third kappa shape index (κ3) is 5.62. The van der Waals surface area contributed by atoms with E-state index in [2.05, 4.69) is 26.5 Å². The molecule has 0 spiro atoms. The highest BCUT2D eigenvalue weighted by Gasteiger charge is 2.09. The van der Waals surface area contributed by atoms with Crippen LogP contribution in [-0.4, -0.2) is 21.9 Å². The highest BCUT2D eigenvalue weighted by atomic mass is 32.1. The van der Waals surface area contributed by atoms with Crippen LogP contribution in [0.3, 0.4) is 0 Å². The average Bonchev–Trinajstić information content (AvgIpc) is 2.76. The molecule has 1 heterocycles. The largest absolute Gasteiger partial charge is 0.331 e. The van der Waals surface area contributed by atoms with Gasteiger partial charge in [0.15, 0.2) is 5.11 Å². The molecule has 0 aliphatic rings. The Morgan fingerprint density at radius 1 is 0.800 bits per heavy atom. The second-order valence-electron chi connectivity index (χ2n) is 6.61. The van der Waals surface area contributed by atoms with E-state index in [1.54, 1.807) is 42.6 Å². The average molecular weight is 420 g/mol. The van der Waals surface area contributed by atoms with Gasteiger partial charge in [0.05, 0.1) is 5.56 Å². The molecular weight excluding hydrogens is 398 g/mol. The summed E-state index contributed by atoms with van der Waals surface area (Å²) >= 11 is 5.21. The van der Waals surface area contributed by atoms with E-state index >= 15 is 0 Å². The molecule has 2 aromatic carbocycles. The number of rotatable bonds is 4. The Labute approximate surface area is 179 Å². The van der Waals surface area contributed by atoms with Gasteiger partial charge in [-0.15, -0.1) is 0 Å². The first-order valence-corrected chi connectivity index (χ1v) is 9.59. The molecule has 0 fully saturated rings. The number of hydrogen-bond donors (Lipinski definition) is 4. The molecule has 0 aliphatic carbocycles. The summed E-state index contributed by atoms with van der Waals surface area (Å²) in [6, 6.07) is 15.8. The van der Waals surface area contributed by atoms with Gasteiger partial charge in [-0.05, 0) is 85.7 Å². The molecule has 2 amide bonds. The quantitative estimate of drug-likeness (QED) is 0.381. The maximum atomic E-state index is 12.3. The molecule has 3 aromatic rings. The van der Waals surface area contributed by atoms with Crippen LogP contribution in [0.1, 0.15) is 31.8 Å². The van der Waals surface area contributed by atoms with Crippen LogP contribution in [0.4, 0.5) is 11.4 Å². The topological polar surface area (TPSA) is 95.1 Å². The fourth-order valence-electron chi connectivity index (χ4n) is 2.57. The molecule has 8 heteroatoms. The summed E-state index contributed by atoms with van der Waals surface area (Å²) in [6.07, 6.45) is 3.08. The number of carbonyl (C=O) groups is 2. The normalized spacial score (nSPS) is 10.1. The van der Waals surface area contributed by atoms with Gasteiger partial charge in [0.25, 0.3) is 11.8 Å². The fraction of sp³-hybridized carbons (Fsp3) is 0.0909. The van der Waals surface area contributed by atoms with E-state index in [-0.39, 0.29) is 16.9 Å². The van der Waals surface area contributed by atoms with Crippen molar-refractivity contribution in [2.75, 3.05) is 10.6 Å². The summed E-state index contributed by atoms with van der Waals surface area (Å²) < 4.78 is 0. The highest BCUT2D eigenvalue weighted by Crippen LogP contribution is 2.14. The van der Waals surface area contributed by atoms with Crippen LogP contribution >= 0.6 is 12.2 Å². The molecule has 0 atom stereocenters. The Morgan fingerprint density at radius 3 is 2.20 bits per heavy atom. The number of carbonyl (C=O) groups excluding carboxylic acids is 2. The first-order chi connectivity index (χ1) is 14.4. The number of hydrazine groups is 1. The monoisotopic (exact) mass is 419 g/mol. The third-order valence-corrected chi connectivity index (χ3v) is 4.59. The minimum Gasteiger partial charge on any atom is -0.331 e. The molecule has 0 saturated carbocycles. The molecule has 7 nitrogen and oxygen atoms in total. The van der Waals surface area contributed by atoms with Gasteiger partial charge in [-0.25, -0.2) is 0 Å². The van der Waals surface area contributed by atoms with Crippen molar-refractivity contribution in [1.29, 1.82) is 0 Å². The maximum Gasteiger partial charge on any atom is 0.269 e. The molecular formula is C22H21N5O2S. The third-order valence-electron chi connectivity index (χ3n) is 4.38. The van der Waals surface area contributed by atoms with Gasteiger partial charge < -0.3 is 10.6 Å². The van der Waals surface area contributed by atoms with E-state index in [0.717, 1.165) is 11.3 Å². The molecule has 0 saturated heterocycles. The minimum absolute atomic E-state index is 0.270. The second-order valence-corrected chi connectivity index (χ2v) is 7.01. The number of aryl methyl sites for hydroxylation is 2. The Hall–Kier alpha value is -3.78. The number of amides is 2. The Morgan fingerprint density at radius 2 is 1.53 bits per heavy atom. The van der Waals surface area contributed by atoms with Crippen molar-refractivity contribution < 1.29 is 9.59 Å². The molecule has 0 radical (unpaired) electrons. The van der Waals surface area contributed by atoms with Gasteiger partial charge in [-0.3, -0.25) is 25.4 Å². The molecule has 4 N–H and O–H groups in total. The lowest BCUT2D eigenvalue weighted by Gasteiger charge is -2.13. The van der Waals surface area contributed by atoms with Gasteiger partial charge >= 0.3 is 0 Å². The van der Waals surface area contributed by atoms with Gasteiger partial charge in [0, 0.05) is 29.3 Å². The van der Waals surface area contributed by atoms with Gasteiger partial charge in [-0.2, -0.15) is 0 Å². The zero-order chi connectivity index (χ0) is 21.5. The summed E-state index contributed by atoms with van der Waals surface area (Å²) in [5.74, 6) is -0.630. The van der Waals surface area contributed by atoms with Crippen LogP contribution in [0.25, 0.3) is 0 Å². The number of benzene rings is 2. The zero-order valence-electron chi connectivity index (χ0n) is 16.5. The molecule has 3 rings (SSSR count). The Bertz CT molecular complexity index is 1070. The Balaban J connectivity index is 1.51. The lowest BCUT2D eigenvalue weighted by atomic mass is 10.1. The number of anilines is 2.